The molecule has 3 rings (SSSR count). The van der Waals surface area contributed by atoms with Gasteiger partial charge in [0.25, 0.3) is 5.91 Å². The van der Waals surface area contributed by atoms with Crippen LogP contribution in [0.3, 0.4) is 0 Å². The van der Waals surface area contributed by atoms with Gasteiger partial charge in [-0.2, -0.15) is 15.3 Å². The SMILES string of the molecule is Cc1c(CNC(=O)c2ccn(Cn3cccn3)n2)cnn1C. The average molecular weight is 299 g/mol. The van der Waals surface area contributed by atoms with Crippen LogP contribution in [0.5, 0.6) is 0 Å². The summed E-state index contributed by atoms with van der Waals surface area (Å²) in [6.45, 7) is 2.87. The smallest absolute Gasteiger partial charge is 0.272 e. The van der Waals surface area contributed by atoms with Crippen LogP contribution >= 0.6 is 0 Å². The number of aromatic nitrogens is 6. The predicted molar refractivity (Wildman–Crippen MR) is 79.0 cm³/mol. The normalized spacial score (nSPS) is 10.8. The molecule has 1 amide bonds. The molecule has 1 N–H and O–H groups in total. The summed E-state index contributed by atoms with van der Waals surface area (Å²) in [6, 6.07) is 3.53. The summed E-state index contributed by atoms with van der Waals surface area (Å²) < 4.78 is 5.17. The summed E-state index contributed by atoms with van der Waals surface area (Å²) in [5.74, 6) is -0.206. The molecule has 0 saturated heterocycles. The Morgan fingerprint density at radius 2 is 2.14 bits per heavy atom. The van der Waals surface area contributed by atoms with Crippen molar-refractivity contribution in [3.8, 4) is 0 Å². The van der Waals surface area contributed by atoms with Crippen LogP contribution in [0.1, 0.15) is 21.7 Å². The maximum absolute atomic E-state index is 12.1. The molecule has 0 saturated carbocycles. The lowest BCUT2D eigenvalue weighted by atomic mass is 10.2. The van der Waals surface area contributed by atoms with Crippen molar-refractivity contribution in [2.75, 3.05) is 0 Å². The molecule has 0 fully saturated rings. The average Bonchev–Trinajstić information content (AvgIpc) is 3.23. The van der Waals surface area contributed by atoms with E-state index in [0.29, 0.717) is 18.9 Å². The molecule has 114 valence electrons. The largest absolute Gasteiger partial charge is 0.346 e. The lowest BCUT2D eigenvalue weighted by Crippen LogP contribution is -2.24. The fourth-order valence-corrected chi connectivity index (χ4v) is 2.08. The second kappa shape index (κ2) is 5.84. The van der Waals surface area contributed by atoms with E-state index in [4.69, 9.17) is 0 Å². The van der Waals surface area contributed by atoms with E-state index in [-0.39, 0.29) is 5.91 Å². The molecular weight excluding hydrogens is 282 g/mol. The number of nitrogens with zero attached hydrogens (tertiary/aromatic N) is 6. The summed E-state index contributed by atoms with van der Waals surface area (Å²) in [7, 11) is 1.87. The number of hydrogen-bond donors (Lipinski definition) is 1. The van der Waals surface area contributed by atoms with Crippen LogP contribution in [0.15, 0.2) is 36.9 Å². The Morgan fingerprint density at radius 1 is 1.27 bits per heavy atom. The lowest BCUT2D eigenvalue weighted by Gasteiger charge is -2.03. The third kappa shape index (κ3) is 2.90. The van der Waals surface area contributed by atoms with Gasteiger partial charge in [-0.1, -0.05) is 0 Å². The van der Waals surface area contributed by atoms with Crippen LogP contribution in [0.4, 0.5) is 0 Å². The van der Waals surface area contributed by atoms with Gasteiger partial charge in [0.05, 0.1) is 6.20 Å². The molecule has 0 spiro atoms. The Bertz CT molecular complexity index is 769. The second-order valence-electron chi connectivity index (χ2n) is 4.99. The van der Waals surface area contributed by atoms with Gasteiger partial charge in [-0.05, 0) is 19.1 Å². The molecule has 0 unspecified atom stereocenters. The minimum absolute atomic E-state index is 0.206. The molecule has 0 atom stereocenters. The van der Waals surface area contributed by atoms with Gasteiger partial charge in [0, 0.05) is 43.4 Å². The van der Waals surface area contributed by atoms with Crippen molar-refractivity contribution in [3.63, 3.8) is 0 Å². The van der Waals surface area contributed by atoms with Crippen molar-refractivity contribution >= 4 is 5.91 Å². The van der Waals surface area contributed by atoms with Gasteiger partial charge in [-0.15, -0.1) is 0 Å². The van der Waals surface area contributed by atoms with Crippen LogP contribution in [-0.4, -0.2) is 35.2 Å². The highest BCUT2D eigenvalue weighted by Crippen LogP contribution is 2.05. The van der Waals surface area contributed by atoms with Crippen LogP contribution in [0, 0.1) is 6.92 Å². The minimum Gasteiger partial charge on any atom is -0.346 e. The molecule has 0 bridgehead atoms. The Morgan fingerprint density at radius 3 is 2.82 bits per heavy atom. The van der Waals surface area contributed by atoms with Crippen molar-refractivity contribution in [1.82, 2.24) is 34.7 Å². The van der Waals surface area contributed by atoms with Crippen molar-refractivity contribution in [1.29, 1.82) is 0 Å². The van der Waals surface area contributed by atoms with Gasteiger partial charge >= 0.3 is 0 Å². The first kappa shape index (κ1) is 14.1. The van der Waals surface area contributed by atoms with Gasteiger partial charge in [-0.25, -0.2) is 0 Å². The molecule has 8 nitrogen and oxygen atoms in total. The molecular formula is C14H17N7O. The van der Waals surface area contributed by atoms with E-state index < -0.39 is 0 Å². The number of hydrogen-bond acceptors (Lipinski definition) is 4. The van der Waals surface area contributed by atoms with E-state index in [1.54, 1.807) is 38.7 Å². The third-order valence-electron chi connectivity index (χ3n) is 3.50. The number of amides is 1. The highest BCUT2D eigenvalue weighted by atomic mass is 16.1. The standard InChI is InChI=1S/C14H17N7O/c1-11-12(9-17-19(11)2)8-15-14(22)13-4-7-21(18-13)10-20-6-3-5-16-20/h3-7,9H,8,10H2,1-2H3,(H,15,22). The number of nitrogens with one attached hydrogen (secondary N) is 1. The molecule has 22 heavy (non-hydrogen) atoms. The molecule has 0 radical (unpaired) electrons. The molecule has 0 aromatic carbocycles. The summed E-state index contributed by atoms with van der Waals surface area (Å²) in [6.07, 6.45) is 7.05. The van der Waals surface area contributed by atoms with E-state index in [0.717, 1.165) is 11.3 Å². The molecule has 0 aliphatic carbocycles. The zero-order valence-electron chi connectivity index (χ0n) is 12.5. The number of carbonyl (C=O) groups is 1. The van der Waals surface area contributed by atoms with Gasteiger partial charge in [0.15, 0.2) is 0 Å². The summed E-state index contributed by atoms with van der Waals surface area (Å²) in [4.78, 5) is 12.1. The maximum atomic E-state index is 12.1. The summed E-state index contributed by atoms with van der Waals surface area (Å²) in [5.41, 5.74) is 2.41. The Balaban J connectivity index is 1.60. The van der Waals surface area contributed by atoms with Gasteiger partial charge < -0.3 is 5.32 Å². The van der Waals surface area contributed by atoms with Crippen LogP contribution in [0.2, 0.25) is 0 Å². The van der Waals surface area contributed by atoms with Crippen LogP contribution in [-0.2, 0) is 20.3 Å². The first-order valence-electron chi connectivity index (χ1n) is 6.90. The Labute approximate surface area is 127 Å². The number of aryl methyl sites for hydroxylation is 1. The first-order chi connectivity index (χ1) is 10.6. The van der Waals surface area contributed by atoms with Crippen molar-refractivity contribution in [2.24, 2.45) is 7.05 Å². The first-order valence-corrected chi connectivity index (χ1v) is 6.90. The zero-order chi connectivity index (χ0) is 15.5. The molecule has 0 aliphatic heterocycles. The fraction of sp³-hybridized carbons (Fsp3) is 0.286. The molecule has 8 heteroatoms. The molecule has 0 aliphatic rings. The Kier molecular flexibility index (Phi) is 3.73. The van der Waals surface area contributed by atoms with Crippen LogP contribution in [0.25, 0.3) is 0 Å². The minimum atomic E-state index is -0.206. The van der Waals surface area contributed by atoms with E-state index >= 15 is 0 Å². The topological polar surface area (TPSA) is 82.6 Å². The lowest BCUT2D eigenvalue weighted by molar-refractivity contribution is 0.0945. The van der Waals surface area contributed by atoms with Crippen LogP contribution < -0.4 is 5.32 Å². The molecule has 3 heterocycles. The van der Waals surface area contributed by atoms with E-state index in [1.165, 1.54) is 0 Å². The van der Waals surface area contributed by atoms with Gasteiger partial charge in [-0.3, -0.25) is 18.8 Å². The van der Waals surface area contributed by atoms with E-state index in [1.807, 2.05) is 26.2 Å². The van der Waals surface area contributed by atoms with E-state index in [9.17, 15) is 4.79 Å². The highest BCUT2D eigenvalue weighted by molar-refractivity contribution is 5.92. The highest BCUT2D eigenvalue weighted by Gasteiger charge is 2.11. The summed E-state index contributed by atoms with van der Waals surface area (Å²) >= 11 is 0. The van der Waals surface area contributed by atoms with Crippen molar-refractivity contribution < 1.29 is 4.79 Å². The number of rotatable bonds is 5. The van der Waals surface area contributed by atoms with E-state index in [2.05, 4.69) is 20.6 Å². The third-order valence-corrected chi connectivity index (χ3v) is 3.50. The maximum Gasteiger partial charge on any atom is 0.272 e. The van der Waals surface area contributed by atoms with Gasteiger partial charge in [0.1, 0.15) is 12.4 Å². The van der Waals surface area contributed by atoms with Gasteiger partial charge in [0.2, 0.25) is 0 Å². The summed E-state index contributed by atoms with van der Waals surface area (Å²) in [5, 5.41) is 15.3. The fourth-order valence-electron chi connectivity index (χ4n) is 2.08. The monoisotopic (exact) mass is 299 g/mol. The Hall–Kier alpha value is -2.90. The second-order valence-corrected chi connectivity index (χ2v) is 4.99. The quantitative estimate of drug-likeness (QED) is 0.746. The zero-order valence-corrected chi connectivity index (χ0v) is 12.5. The molecule has 3 aromatic rings. The van der Waals surface area contributed by atoms with Crippen molar-refractivity contribution in [2.45, 2.75) is 20.1 Å². The predicted octanol–water partition coefficient (Wildman–Crippen LogP) is 0.557. The number of carbonyl (C=O) groups excluding carboxylic acids is 1. The molecule has 3 aromatic heterocycles. The van der Waals surface area contributed by atoms with Crippen molar-refractivity contribution in [3.05, 3.63) is 53.9 Å².